The Morgan fingerprint density at radius 3 is 2.29 bits per heavy atom. The van der Waals surface area contributed by atoms with Crippen molar-refractivity contribution in [2.45, 2.75) is 30.8 Å². The summed E-state index contributed by atoms with van der Waals surface area (Å²) in [6.07, 6.45) is 0.722. The molecule has 1 heterocycles. The maximum Gasteiger partial charge on any atom is 0.261 e. The number of rotatable bonds is 12. The molecule has 0 aromatic heterocycles. The molecule has 9 nitrogen and oxygen atoms in total. The van der Waals surface area contributed by atoms with Gasteiger partial charge < -0.3 is 19.7 Å². The van der Waals surface area contributed by atoms with Crippen molar-refractivity contribution in [1.82, 2.24) is 14.5 Å². The first kappa shape index (κ1) is 30.2. The van der Waals surface area contributed by atoms with Crippen molar-refractivity contribution < 1.29 is 31.9 Å². The molecule has 0 bridgehead atoms. The third-order valence-electron chi connectivity index (χ3n) is 6.60. The van der Waals surface area contributed by atoms with Crippen LogP contribution in [0.1, 0.15) is 30.5 Å². The molecular formula is C30H34FN3O6S. The zero-order valence-electron chi connectivity index (χ0n) is 22.9. The van der Waals surface area contributed by atoms with Crippen LogP contribution in [0, 0.1) is 5.82 Å². The highest BCUT2D eigenvalue weighted by Gasteiger charge is 2.32. The van der Waals surface area contributed by atoms with Gasteiger partial charge in [-0.2, -0.15) is 4.31 Å². The van der Waals surface area contributed by atoms with E-state index < -0.39 is 34.4 Å². The van der Waals surface area contributed by atoms with E-state index in [-0.39, 0.29) is 30.4 Å². The maximum atomic E-state index is 13.6. The van der Waals surface area contributed by atoms with Crippen molar-refractivity contribution in [3.05, 3.63) is 95.8 Å². The Morgan fingerprint density at radius 2 is 1.66 bits per heavy atom. The zero-order valence-corrected chi connectivity index (χ0v) is 23.7. The SMILES string of the molecule is CCCNC(=O)[C@@H](c1ccccc1)N(Cc1ccc(F)cc1)C(=O)COc1ccc(S(=O)(=O)N2CCOCC2)cc1. The number of carbonyl (C=O) groups is 2. The molecule has 11 heteroatoms. The molecular weight excluding hydrogens is 549 g/mol. The van der Waals surface area contributed by atoms with Crippen LogP contribution in [0.5, 0.6) is 5.75 Å². The Hall–Kier alpha value is -3.80. The van der Waals surface area contributed by atoms with Crippen LogP contribution in [-0.2, 0) is 30.9 Å². The molecule has 0 spiro atoms. The summed E-state index contributed by atoms with van der Waals surface area (Å²) in [4.78, 5) is 28.5. The Morgan fingerprint density at radius 1 is 1.00 bits per heavy atom. The molecule has 0 aliphatic carbocycles. The number of halogens is 1. The minimum Gasteiger partial charge on any atom is -0.484 e. The number of hydrogen-bond acceptors (Lipinski definition) is 6. The van der Waals surface area contributed by atoms with Crippen molar-refractivity contribution in [3.63, 3.8) is 0 Å². The molecule has 1 fully saturated rings. The van der Waals surface area contributed by atoms with Gasteiger partial charge in [-0.05, 0) is 53.9 Å². The lowest BCUT2D eigenvalue weighted by atomic mass is 10.0. The van der Waals surface area contributed by atoms with Crippen LogP contribution in [0.2, 0.25) is 0 Å². The van der Waals surface area contributed by atoms with Crippen LogP contribution < -0.4 is 10.1 Å². The van der Waals surface area contributed by atoms with E-state index in [0.29, 0.717) is 36.6 Å². The zero-order chi connectivity index (χ0) is 29.2. The Kier molecular flexibility index (Phi) is 10.4. The number of amides is 2. The summed E-state index contributed by atoms with van der Waals surface area (Å²) in [7, 11) is -3.67. The molecule has 1 saturated heterocycles. The first-order valence-corrected chi connectivity index (χ1v) is 14.9. The molecule has 4 rings (SSSR count). The number of carbonyl (C=O) groups excluding carboxylic acids is 2. The smallest absolute Gasteiger partial charge is 0.261 e. The van der Waals surface area contributed by atoms with Crippen molar-refractivity contribution in [2.24, 2.45) is 0 Å². The van der Waals surface area contributed by atoms with Crippen molar-refractivity contribution in [3.8, 4) is 5.75 Å². The molecule has 0 unspecified atom stereocenters. The fourth-order valence-corrected chi connectivity index (χ4v) is 5.84. The van der Waals surface area contributed by atoms with Crippen molar-refractivity contribution >= 4 is 21.8 Å². The van der Waals surface area contributed by atoms with Gasteiger partial charge >= 0.3 is 0 Å². The second-order valence-corrected chi connectivity index (χ2v) is 11.5. The second-order valence-electron chi connectivity index (χ2n) is 9.53. The molecule has 1 aliphatic rings. The summed E-state index contributed by atoms with van der Waals surface area (Å²) in [6.45, 7) is 3.27. The van der Waals surface area contributed by atoms with E-state index >= 15 is 0 Å². The standard InChI is InChI=1S/C30H34FN3O6S/c1-2-16-32-30(36)29(24-6-4-3-5-7-24)34(21-23-8-10-25(31)11-9-23)28(35)22-40-26-12-14-27(15-13-26)41(37,38)33-17-19-39-20-18-33/h3-15,29H,2,16-22H2,1H3,(H,32,36)/t29-/m1/s1. The predicted molar refractivity (Wildman–Crippen MR) is 151 cm³/mol. The molecule has 2 amide bonds. The van der Waals surface area contributed by atoms with Gasteiger partial charge in [0.2, 0.25) is 15.9 Å². The van der Waals surface area contributed by atoms with Crippen LogP contribution in [0.25, 0.3) is 0 Å². The Labute approximate surface area is 239 Å². The quantitative estimate of drug-likeness (QED) is 0.350. The van der Waals surface area contributed by atoms with Gasteiger partial charge in [-0.3, -0.25) is 9.59 Å². The van der Waals surface area contributed by atoms with Gasteiger partial charge in [0.05, 0.1) is 18.1 Å². The first-order chi connectivity index (χ1) is 19.8. The van der Waals surface area contributed by atoms with Gasteiger partial charge in [-0.1, -0.05) is 49.4 Å². The fraction of sp³-hybridized carbons (Fsp3) is 0.333. The second kappa shape index (κ2) is 14.2. The molecule has 0 radical (unpaired) electrons. The van der Waals surface area contributed by atoms with E-state index in [0.717, 1.165) is 6.42 Å². The van der Waals surface area contributed by atoms with Crippen LogP contribution in [0.15, 0.2) is 83.8 Å². The normalized spacial score (nSPS) is 14.7. The first-order valence-electron chi connectivity index (χ1n) is 13.5. The topological polar surface area (TPSA) is 105 Å². The molecule has 3 aromatic carbocycles. The lowest BCUT2D eigenvalue weighted by molar-refractivity contribution is -0.143. The monoisotopic (exact) mass is 583 g/mol. The number of nitrogens with one attached hydrogen (secondary N) is 1. The van der Waals surface area contributed by atoms with E-state index in [4.69, 9.17) is 9.47 Å². The minimum atomic E-state index is -3.67. The number of morpholine rings is 1. The Balaban J connectivity index is 1.54. The summed E-state index contributed by atoms with van der Waals surface area (Å²) >= 11 is 0. The molecule has 218 valence electrons. The number of benzene rings is 3. The number of ether oxygens (including phenoxy) is 2. The van der Waals surface area contributed by atoms with E-state index in [1.165, 1.54) is 45.6 Å². The number of hydrogen-bond donors (Lipinski definition) is 1. The van der Waals surface area contributed by atoms with Crippen LogP contribution in [-0.4, -0.2) is 68.9 Å². The molecule has 0 saturated carbocycles. The van der Waals surface area contributed by atoms with E-state index in [1.54, 1.807) is 36.4 Å². The van der Waals surface area contributed by atoms with Gasteiger partial charge in [0.1, 0.15) is 17.6 Å². The highest BCUT2D eigenvalue weighted by molar-refractivity contribution is 7.89. The number of sulfonamides is 1. The molecule has 1 aliphatic heterocycles. The van der Waals surface area contributed by atoms with E-state index in [9.17, 15) is 22.4 Å². The molecule has 1 N–H and O–H groups in total. The molecule has 41 heavy (non-hydrogen) atoms. The van der Waals surface area contributed by atoms with Gasteiger partial charge in [0, 0.05) is 26.2 Å². The average molecular weight is 584 g/mol. The Bertz CT molecular complexity index is 1400. The predicted octanol–water partition coefficient (Wildman–Crippen LogP) is 3.52. The lowest BCUT2D eigenvalue weighted by Gasteiger charge is -2.31. The van der Waals surface area contributed by atoms with Crippen LogP contribution >= 0.6 is 0 Å². The third kappa shape index (κ3) is 7.90. The fourth-order valence-electron chi connectivity index (χ4n) is 4.43. The van der Waals surface area contributed by atoms with Gasteiger partial charge in [-0.25, -0.2) is 12.8 Å². The highest BCUT2D eigenvalue weighted by atomic mass is 32.2. The van der Waals surface area contributed by atoms with Crippen molar-refractivity contribution in [1.29, 1.82) is 0 Å². The summed E-state index contributed by atoms with van der Waals surface area (Å²) in [5.74, 6) is -0.923. The summed E-state index contributed by atoms with van der Waals surface area (Å²) in [6, 6.07) is 19.6. The summed E-state index contributed by atoms with van der Waals surface area (Å²) in [5.41, 5.74) is 1.26. The van der Waals surface area contributed by atoms with Crippen LogP contribution in [0.3, 0.4) is 0 Å². The highest BCUT2D eigenvalue weighted by Crippen LogP contribution is 2.25. The number of nitrogens with zero attached hydrogens (tertiary/aromatic N) is 2. The average Bonchev–Trinajstić information content (AvgIpc) is 3.00. The van der Waals surface area contributed by atoms with Gasteiger partial charge in [0.25, 0.3) is 5.91 Å². The summed E-state index contributed by atoms with van der Waals surface area (Å²) < 4.78 is 51.8. The molecule has 3 aromatic rings. The third-order valence-corrected chi connectivity index (χ3v) is 8.52. The van der Waals surface area contributed by atoms with Gasteiger partial charge in [-0.15, -0.1) is 0 Å². The molecule has 1 atom stereocenters. The van der Waals surface area contributed by atoms with Gasteiger partial charge in [0.15, 0.2) is 6.61 Å². The minimum absolute atomic E-state index is 0.0400. The lowest BCUT2D eigenvalue weighted by Crippen LogP contribution is -2.45. The van der Waals surface area contributed by atoms with Crippen molar-refractivity contribution in [2.75, 3.05) is 39.5 Å². The van der Waals surface area contributed by atoms with Crippen LogP contribution in [0.4, 0.5) is 4.39 Å². The largest absolute Gasteiger partial charge is 0.484 e. The maximum absolute atomic E-state index is 13.6. The summed E-state index contributed by atoms with van der Waals surface area (Å²) in [5, 5.41) is 2.88. The van der Waals surface area contributed by atoms with E-state index in [2.05, 4.69) is 5.32 Å². The van der Waals surface area contributed by atoms with E-state index in [1.807, 2.05) is 13.0 Å².